The minimum absolute atomic E-state index is 0.132. The minimum Gasteiger partial charge on any atom is -0.443 e. The first-order chi connectivity index (χ1) is 11.0. The molecule has 0 spiro atoms. The molecule has 120 valence electrons. The number of carbonyl (C=O) groups is 1. The zero-order valence-electron chi connectivity index (χ0n) is 13.1. The molecule has 1 aliphatic heterocycles. The van der Waals surface area contributed by atoms with E-state index in [-0.39, 0.29) is 17.8 Å². The summed E-state index contributed by atoms with van der Waals surface area (Å²) in [6.45, 7) is 4.71. The number of hydrogen-bond donors (Lipinski definition) is 2. The van der Waals surface area contributed by atoms with Gasteiger partial charge >= 0.3 is 6.09 Å². The van der Waals surface area contributed by atoms with Crippen molar-refractivity contribution in [3.05, 3.63) is 51.9 Å². The van der Waals surface area contributed by atoms with Crippen LogP contribution in [0.25, 0.3) is 11.1 Å². The number of carbonyl (C=O) groups excluding carboxylic acids is 1. The zero-order valence-corrected chi connectivity index (χ0v) is 13.1. The SMILES string of the molecule is Cc1cc(N2C[C@H](CN)OC2=O)c(C)cc1-c1ccc(=O)[nH]c1. The van der Waals surface area contributed by atoms with Crippen molar-refractivity contribution in [1.82, 2.24) is 4.98 Å². The molecule has 0 saturated carbocycles. The van der Waals surface area contributed by atoms with Crippen LogP contribution in [0.1, 0.15) is 11.1 Å². The van der Waals surface area contributed by atoms with Gasteiger partial charge in [-0.15, -0.1) is 0 Å². The van der Waals surface area contributed by atoms with Crippen LogP contribution in [0.3, 0.4) is 0 Å². The number of aromatic amines is 1. The third-order valence-corrected chi connectivity index (χ3v) is 4.07. The fourth-order valence-electron chi connectivity index (χ4n) is 2.82. The Morgan fingerprint density at radius 3 is 2.65 bits per heavy atom. The summed E-state index contributed by atoms with van der Waals surface area (Å²) in [6, 6.07) is 7.27. The third-order valence-electron chi connectivity index (χ3n) is 4.07. The second-order valence-electron chi connectivity index (χ2n) is 5.75. The summed E-state index contributed by atoms with van der Waals surface area (Å²) in [6.07, 6.45) is 1.07. The molecule has 1 saturated heterocycles. The maximum absolute atomic E-state index is 12.0. The van der Waals surface area contributed by atoms with Gasteiger partial charge in [-0.1, -0.05) is 0 Å². The first-order valence-corrected chi connectivity index (χ1v) is 7.48. The number of hydrogen-bond acceptors (Lipinski definition) is 4. The van der Waals surface area contributed by atoms with Gasteiger partial charge in [0.1, 0.15) is 6.10 Å². The van der Waals surface area contributed by atoms with Crippen LogP contribution in [0.2, 0.25) is 0 Å². The minimum atomic E-state index is -0.361. The Balaban J connectivity index is 1.99. The molecule has 0 aliphatic carbocycles. The number of H-pyrrole nitrogens is 1. The van der Waals surface area contributed by atoms with E-state index in [2.05, 4.69) is 4.98 Å². The number of anilines is 1. The van der Waals surface area contributed by atoms with Crippen molar-refractivity contribution in [1.29, 1.82) is 0 Å². The van der Waals surface area contributed by atoms with Crippen molar-refractivity contribution in [3.63, 3.8) is 0 Å². The molecule has 6 heteroatoms. The van der Waals surface area contributed by atoms with Crippen LogP contribution < -0.4 is 16.2 Å². The van der Waals surface area contributed by atoms with Crippen LogP contribution in [0.15, 0.2) is 35.3 Å². The van der Waals surface area contributed by atoms with Gasteiger partial charge in [-0.2, -0.15) is 0 Å². The van der Waals surface area contributed by atoms with Gasteiger partial charge in [0, 0.05) is 18.8 Å². The number of benzene rings is 1. The molecule has 0 unspecified atom stereocenters. The number of nitrogens with one attached hydrogen (secondary N) is 1. The van der Waals surface area contributed by atoms with Crippen molar-refractivity contribution in [2.24, 2.45) is 5.73 Å². The van der Waals surface area contributed by atoms with Crippen LogP contribution in [0.5, 0.6) is 0 Å². The van der Waals surface area contributed by atoms with E-state index in [1.165, 1.54) is 6.07 Å². The van der Waals surface area contributed by atoms with E-state index in [1.54, 1.807) is 17.2 Å². The average molecular weight is 313 g/mol. The van der Waals surface area contributed by atoms with Crippen molar-refractivity contribution < 1.29 is 9.53 Å². The molecule has 1 fully saturated rings. The van der Waals surface area contributed by atoms with Crippen LogP contribution in [-0.4, -0.2) is 30.3 Å². The van der Waals surface area contributed by atoms with Gasteiger partial charge in [0.05, 0.1) is 12.2 Å². The lowest BCUT2D eigenvalue weighted by Gasteiger charge is -2.18. The summed E-state index contributed by atoms with van der Waals surface area (Å²) in [7, 11) is 0. The van der Waals surface area contributed by atoms with Crippen LogP contribution in [0.4, 0.5) is 10.5 Å². The van der Waals surface area contributed by atoms with Crippen LogP contribution >= 0.6 is 0 Å². The smallest absolute Gasteiger partial charge is 0.414 e. The Morgan fingerprint density at radius 1 is 1.26 bits per heavy atom. The fourth-order valence-corrected chi connectivity index (χ4v) is 2.82. The number of ether oxygens (including phenoxy) is 1. The monoisotopic (exact) mass is 313 g/mol. The molecule has 2 aromatic rings. The number of aromatic nitrogens is 1. The summed E-state index contributed by atoms with van der Waals surface area (Å²) in [5.41, 5.74) is 10.2. The number of cyclic esters (lactones) is 1. The Labute approximate surface area is 133 Å². The molecule has 1 amide bonds. The van der Waals surface area contributed by atoms with E-state index >= 15 is 0 Å². The Bertz CT molecular complexity index is 793. The van der Waals surface area contributed by atoms with E-state index in [0.29, 0.717) is 13.1 Å². The van der Waals surface area contributed by atoms with E-state index in [1.807, 2.05) is 26.0 Å². The molecule has 1 atom stereocenters. The lowest BCUT2D eigenvalue weighted by molar-refractivity contribution is 0.145. The van der Waals surface area contributed by atoms with Gasteiger partial charge in [0.25, 0.3) is 0 Å². The summed E-state index contributed by atoms with van der Waals surface area (Å²) >= 11 is 0. The van der Waals surface area contributed by atoms with Gasteiger partial charge in [-0.05, 0) is 54.3 Å². The maximum Gasteiger partial charge on any atom is 0.414 e. The first-order valence-electron chi connectivity index (χ1n) is 7.48. The molecule has 3 rings (SSSR count). The molecule has 1 aliphatic rings. The number of amides is 1. The Kier molecular flexibility index (Phi) is 3.92. The molecule has 0 radical (unpaired) electrons. The molecule has 23 heavy (non-hydrogen) atoms. The van der Waals surface area contributed by atoms with Crippen molar-refractivity contribution in [2.45, 2.75) is 20.0 Å². The first kappa shape index (κ1) is 15.3. The third kappa shape index (κ3) is 2.85. The van der Waals surface area contributed by atoms with Crippen LogP contribution in [0, 0.1) is 13.8 Å². The summed E-state index contributed by atoms with van der Waals surface area (Å²) in [5.74, 6) is 0. The van der Waals surface area contributed by atoms with Crippen molar-refractivity contribution in [2.75, 3.05) is 18.0 Å². The number of aryl methyl sites for hydroxylation is 2. The molecule has 1 aromatic heterocycles. The van der Waals surface area contributed by atoms with Gasteiger partial charge in [0.15, 0.2) is 0 Å². The highest BCUT2D eigenvalue weighted by Crippen LogP contribution is 2.32. The molecular formula is C17H19N3O3. The fraction of sp³-hybridized carbons (Fsp3) is 0.294. The Hall–Kier alpha value is -2.60. The zero-order chi connectivity index (χ0) is 16.6. The predicted octanol–water partition coefficient (Wildman–Crippen LogP) is 1.94. The molecular weight excluding hydrogens is 294 g/mol. The maximum atomic E-state index is 12.0. The summed E-state index contributed by atoms with van der Waals surface area (Å²) in [5, 5.41) is 0. The van der Waals surface area contributed by atoms with Gasteiger partial charge in [0.2, 0.25) is 5.56 Å². The highest BCUT2D eigenvalue weighted by molar-refractivity contribution is 5.91. The number of nitrogens with zero attached hydrogens (tertiary/aromatic N) is 1. The molecule has 2 heterocycles. The second kappa shape index (κ2) is 5.89. The standard InChI is InChI=1S/C17H19N3O3/c1-10-6-15(20-9-13(7-18)23-17(20)22)11(2)5-14(10)12-3-4-16(21)19-8-12/h3-6,8,13H,7,9,18H2,1-2H3,(H,19,21)/t13-/m0/s1. The lowest BCUT2D eigenvalue weighted by atomic mass is 9.98. The molecule has 6 nitrogen and oxygen atoms in total. The normalized spacial score (nSPS) is 17.4. The average Bonchev–Trinajstić information content (AvgIpc) is 2.91. The highest BCUT2D eigenvalue weighted by atomic mass is 16.6. The number of rotatable bonds is 3. The quantitative estimate of drug-likeness (QED) is 0.906. The number of nitrogens with two attached hydrogens (primary N) is 1. The highest BCUT2D eigenvalue weighted by Gasteiger charge is 2.32. The van der Waals surface area contributed by atoms with E-state index in [9.17, 15) is 9.59 Å². The molecule has 3 N–H and O–H groups in total. The lowest BCUT2D eigenvalue weighted by Crippen LogP contribution is -2.28. The van der Waals surface area contributed by atoms with Crippen molar-refractivity contribution >= 4 is 11.8 Å². The van der Waals surface area contributed by atoms with Gasteiger partial charge in [-0.25, -0.2) is 4.79 Å². The second-order valence-corrected chi connectivity index (χ2v) is 5.75. The summed E-state index contributed by atoms with van der Waals surface area (Å²) < 4.78 is 5.22. The molecule has 1 aromatic carbocycles. The topological polar surface area (TPSA) is 88.4 Å². The number of pyridine rings is 1. The van der Waals surface area contributed by atoms with Gasteiger partial charge < -0.3 is 15.5 Å². The molecule has 0 bridgehead atoms. The summed E-state index contributed by atoms with van der Waals surface area (Å²) in [4.78, 5) is 27.5. The van der Waals surface area contributed by atoms with Crippen molar-refractivity contribution in [3.8, 4) is 11.1 Å². The van der Waals surface area contributed by atoms with E-state index in [4.69, 9.17) is 10.5 Å². The largest absolute Gasteiger partial charge is 0.443 e. The van der Waals surface area contributed by atoms with Crippen LogP contribution in [-0.2, 0) is 4.74 Å². The van der Waals surface area contributed by atoms with E-state index < -0.39 is 0 Å². The predicted molar refractivity (Wildman–Crippen MR) is 88.6 cm³/mol. The Morgan fingerprint density at radius 2 is 2.04 bits per heavy atom. The van der Waals surface area contributed by atoms with E-state index in [0.717, 1.165) is 27.9 Å². The van der Waals surface area contributed by atoms with Gasteiger partial charge in [-0.3, -0.25) is 9.69 Å².